The van der Waals surface area contributed by atoms with E-state index in [2.05, 4.69) is 0 Å². The zero-order chi connectivity index (χ0) is 19.2. The summed E-state index contributed by atoms with van der Waals surface area (Å²) in [7, 11) is -7.28. The van der Waals surface area contributed by atoms with Gasteiger partial charge in [-0.15, -0.1) is 0 Å². The van der Waals surface area contributed by atoms with Crippen molar-refractivity contribution in [2.75, 3.05) is 0 Å². The first kappa shape index (κ1) is 22.8. The highest BCUT2D eigenvalue weighted by Crippen LogP contribution is 2.60. The van der Waals surface area contributed by atoms with Crippen molar-refractivity contribution in [1.29, 1.82) is 0 Å². The standard InChI is InChI=1S/C12H21F9Si2/c1-22(2,3)8(11(16,17)18)7(10(13,14)15)9(12(19,20)21)23(4,5)6/h7-9H,1-6H3. The zero-order valence-corrected chi connectivity index (χ0v) is 15.6. The molecule has 0 fully saturated rings. The van der Waals surface area contributed by atoms with Gasteiger partial charge < -0.3 is 0 Å². The molecule has 0 bridgehead atoms. The predicted octanol–water partition coefficient (Wildman–Crippen LogP) is 6.71. The normalized spacial score (nSPS) is 19.4. The van der Waals surface area contributed by atoms with Gasteiger partial charge in [-0.1, -0.05) is 39.3 Å². The SMILES string of the molecule is C[Si](C)(C)C(C(C(C(F)(F)F)[Si](C)(C)C)C(F)(F)F)C(F)(F)F. The van der Waals surface area contributed by atoms with Crippen LogP contribution < -0.4 is 0 Å². The molecule has 0 amide bonds. The summed E-state index contributed by atoms with van der Waals surface area (Å²) in [6, 6.07) is 0. The second-order valence-electron chi connectivity index (χ2n) is 7.84. The van der Waals surface area contributed by atoms with Gasteiger partial charge in [0.05, 0.1) is 33.1 Å². The molecule has 0 aromatic rings. The number of hydrogen-bond acceptors (Lipinski definition) is 0. The van der Waals surface area contributed by atoms with Gasteiger partial charge in [0, 0.05) is 0 Å². The summed E-state index contributed by atoms with van der Waals surface area (Å²) in [5.74, 6) is -3.46. The Balaban J connectivity index is 6.55. The van der Waals surface area contributed by atoms with E-state index in [-0.39, 0.29) is 0 Å². The lowest BCUT2D eigenvalue weighted by Crippen LogP contribution is -2.55. The average Bonchev–Trinajstić information content (AvgIpc) is 2.04. The second-order valence-corrected chi connectivity index (χ2v) is 18.5. The second kappa shape index (κ2) is 6.27. The largest absolute Gasteiger partial charge is 0.392 e. The minimum Gasteiger partial charge on any atom is -0.171 e. The lowest BCUT2D eigenvalue weighted by atomic mass is 9.98. The fraction of sp³-hybridized carbons (Fsp3) is 1.00. The van der Waals surface area contributed by atoms with Crippen LogP contribution in [0.25, 0.3) is 0 Å². The maximum atomic E-state index is 13.4. The van der Waals surface area contributed by atoms with E-state index in [1.54, 1.807) is 0 Å². The molecule has 2 atom stereocenters. The monoisotopic (exact) mass is 392 g/mol. The molecule has 11 heteroatoms. The molecule has 0 radical (unpaired) electrons. The van der Waals surface area contributed by atoms with Crippen LogP contribution in [-0.4, -0.2) is 34.7 Å². The van der Waals surface area contributed by atoms with Crippen LogP contribution in [0.2, 0.25) is 50.4 Å². The lowest BCUT2D eigenvalue weighted by molar-refractivity contribution is -0.248. The van der Waals surface area contributed by atoms with E-state index in [1.165, 1.54) is 0 Å². The first-order valence-electron chi connectivity index (χ1n) is 6.81. The molecule has 0 aliphatic rings. The Kier molecular flexibility index (Phi) is 6.21. The Morgan fingerprint density at radius 2 is 0.696 bits per heavy atom. The summed E-state index contributed by atoms with van der Waals surface area (Å²) >= 11 is 0. The molecule has 0 N–H and O–H groups in total. The van der Waals surface area contributed by atoms with Crippen molar-refractivity contribution >= 4 is 16.1 Å². The molecule has 0 heterocycles. The number of alkyl halides is 9. The number of halogens is 9. The topological polar surface area (TPSA) is 0 Å². The van der Waals surface area contributed by atoms with Gasteiger partial charge in [-0.05, 0) is 0 Å². The molecule has 0 aromatic carbocycles. The van der Waals surface area contributed by atoms with Crippen LogP contribution in [0.4, 0.5) is 39.5 Å². The minimum atomic E-state index is -5.58. The fourth-order valence-electron chi connectivity index (χ4n) is 3.04. The fourth-order valence-corrected chi connectivity index (χ4v) is 8.11. The van der Waals surface area contributed by atoms with Crippen LogP contribution >= 0.6 is 0 Å². The van der Waals surface area contributed by atoms with Crippen molar-refractivity contribution in [2.24, 2.45) is 5.92 Å². The van der Waals surface area contributed by atoms with Gasteiger partial charge in [0.1, 0.15) is 0 Å². The van der Waals surface area contributed by atoms with Gasteiger partial charge in [0.2, 0.25) is 0 Å². The molecular formula is C12H21F9Si2. The van der Waals surface area contributed by atoms with Gasteiger partial charge in [0.15, 0.2) is 0 Å². The summed E-state index contributed by atoms with van der Waals surface area (Å²) in [5, 5.41) is 0. The molecule has 0 aliphatic heterocycles. The quantitative estimate of drug-likeness (QED) is 0.369. The first-order chi connectivity index (χ1) is 9.61. The van der Waals surface area contributed by atoms with E-state index in [0.29, 0.717) is 0 Å². The van der Waals surface area contributed by atoms with Crippen molar-refractivity contribution in [1.82, 2.24) is 0 Å². The first-order valence-corrected chi connectivity index (χ1v) is 14.0. The van der Waals surface area contributed by atoms with Crippen LogP contribution in [0.5, 0.6) is 0 Å². The highest BCUT2D eigenvalue weighted by molar-refractivity contribution is 6.79. The Morgan fingerprint density at radius 3 is 0.783 bits per heavy atom. The van der Waals surface area contributed by atoms with Crippen LogP contribution in [0, 0.1) is 5.92 Å². The zero-order valence-electron chi connectivity index (χ0n) is 13.6. The van der Waals surface area contributed by atoms with Crippen molar-refractivity contribution in [3.63, 3.8) is 0 Å². The van der Waals surface area contributed by atoms with Crippen molar-refractivity contribution in [3.8, 4) is 0 Å². The molecule has 0 rings (SSSR count). The third-order valence-corrected chi connectivity index (χ3v) is 8.77. The van der Waals surface area contributed by atoms with Gasteiger partial charge >= 0.3 is 18.5 Å². The Hall–Kier alpha value is -0.196. The highest BCUT2D eigenvalue weighted by Gasteiger charge is 2.68. The van der Waals surface area contributed by atoms with Crippen LogP contribution in [0.15, 0.2) is 0 Å². The molecule has 0 aliphatic carbocycles. The Labute approximate surface area is 131 Å². The molecule has 0 nitrogen and oxygen atoms in total. The van der Waals surface area contributed by atoms with Crippen molar-refractivity contribution in [2.45, 2.75) is 68.9 Å². The van der Waals surface area contributed by atoms with Crippen molar-refractivity contribution in [3.05, 3.63) is 0 Å². The third kappa shape index (κ3) is 5.98. The molecule has 0 spiro atoms. The molecule has 0 saturated heterocycles. The average molecular weight is 392 g/mol. The predicted molar refractivity (Wildman–Crippen MR) is 75.8 cm³/mol. The molecule has 0 saturated carbocycles. The summed E-state index contributed by atoms with van der Waals surface area (Å²) in [5.41, 5.74) is -6.01. The summed E-state index contributed by atoms with van der Waals surface area (Å²) < 4.78 is 120. The lowest BCUT2D eigenvalue weighted by Gasteiger charge is -2.45. The van der Waals surface area contributed by atoms with Crippen LogP contribution in [-0.2, 0) is 0 Å². The number of hydrogen-bond donors (Lipinski definition) is 0. The van der Waals surface area contributed by atoms with E-state index in [0.717, 1.165) is 39.3 Å². The Bertz CT molecular complexity index is 335. The van der Waals surface area contributed by atoms with E-state index in [1.807, 2.05) is 0 Å². The molecular weight excluding hydrogens is 371 g/mol. The van der Waals surface area contributed by atoms with Crippen molar-refractivity contribution < 1.29 is 39.5 Å². The van der Waals surface area contributed by atoms with Crippen LogP contribution in [0.3, 0.4) is 0 Å². The molecule has 140 valence electrons. The van der Waals surface area contributed by atoms with E-state index in [4.69, 9.17) is 0 Å². The molecule has 23 heavy (non-hydrogen) atoms. The summed E-state index contributed by atoms with van der Waals surface area (Å²) in [6.45, 7) is 6.09. The van der Waals surface area contributed by atoms with Crippen LogP contribution in [0.1, 0.15) is 0 Å². The van der Waals surface area contributed by atoms with Gasteiger partial charge in [0.25, 0.3) is 0 Å². The minimum absolute atomic E-state index is 1.02. The smallest absolute Gasteiger partial charge is 0.171 e. The van der Waals surface area contributed by atoms with E-state index in [9.17, 15) is 39.5 Å². The van der Waals surface area contributed by atoms with E-state index >= 15 is 0 Å². The molecule has 0 aromatic heterocycles. The summed E-state index contributed by atoms with van der Waals surface area (Å²) in [4.78, 5) is 0. The van der Waals surface area contributed by atoms with Gasteiger partial charge in [-0.25, -0.2) is 0 Å². The maximum absolute atomic E-state index is 13.4. The Morgan fingerprint density at radius 1 is 0.478 bits per heavy atom. The third-order valence-electron chi connectivity index (χ3n) is 3.67. The highest BCUT2D eigenvalue weighted by atomic mass is 28.3. The summed E-state index contributed by atoms with van der Waals surface area (Å²) in [6.07, 6.45) is -16.3. The number of rotatable bonds is 4. The van der Waals surface area contributed by atoms with Gasteiger partial charge in [-0.2, -0.15) is 39.5 Å². The maximum Gasteiger partial charge on any atom is 0.392 e. The van der Waals surface area contributed by atoms with Gasteiger partial charge in [-0.3, -0.25) is 0 Å². The van der Waals surface area contributed by atoms with E-state index < -0.39 is 51.7 Å². The molecule has 2 unspecified atom stereocenters.